The van der Waals surface area contributed by atoms with Crippen LogP contribution in [0.1, 0.15) is 57.4 Å². The van der Waals surface area contributed by atoms with Gasteiger partial charge >= 0.3 is 0 Å². The van der Waals surface area contributed by atoms with E-state index in [9.17, 15) is 0 Å². The van der Waals surface area contributed by atoms with E-state index in [0.29, 0.717) is 12.6 Å². The zero-order valence-corrected chi connectivity index (χ0v) is 19.9. The number of aromatic nitrogens is 1. The van der Waals surface area contributed by atoms with Crippen LogP contribution in [0, 0.1) is 5.92 Å². The number of pyridine rings is 1. The molecule has 7 heteroatoms. The number of nitrogens with one attached hydrogen (secondary N) is 2. The second kappa shape index (κ2) is 11.3. The van der Waals surface area contributed by atoms with Gasteiger partial charge in [0.2, 0.25) is 5.88 Å². The third-order valence-electron chi connectivity index (χ3n) is 6.13. The predicted octanol–water partition coefficient (Wildman–Crippen LogP) is 3.56. The third kappa shape index (κ3) is 6.98. The van der Waals surface area contributed by atoms with Crippen LogP contribution >= 0.6 is 24.0 Å². The lowest BCUT2D eigenvalue weighted by atomic mass is 10.2. The number of aliphatic imine (C=N–C) groups is 1. The van der Waals surface area contributed by atoms with Crippen molar-refractivity contribution >= 4 is 29.9 Å². The summed E-state index contributed by atoms with van der Waals surface area (Å²) in [6.45, 7) is 6.78. The number of rotatable bonds is 8. The SMILES string of the molecule is CCNC(=NCc1ccnc(OCC2CC2)c1)NC1CCN(C2CCCC2)C1.I. The van der Waals surface area contributed by atoms with E-state index in [1.54, 1.807) is 0 Å². The maximum atomic E-state index is 5.80. The maximum absolute atomic E-state index is 5.80. The lowest BCUT2D eigenvalue weighted by Crippen LogP contribution is -2.45. The molecule has 2 heterocycles. The van der Waals surface area contributed by atoms with E-state index in [4.69, 9.17) is 9.73 Å². The Kier molecular flexibility index (Phi) is 8.84. The van der Waals surface area contributed by atoms with Crippen molar-refractivity contribution in [3.05, 3.63) is 23.9 Å². The molecule has 0 radical (unpaired) electrons. The first-order valence-electron chi connectivity index (χ1n) is 11.2. The highest BCUT2D eigenvalue weighted by atomic mass is 127. The van der Waals surface area contributed by atoms with Gasteiger partial charge in [0.25, 0.3) is 0 Å². The largest absolute Gasteiger partial charge is 0.477 e. The van der Waals surface area contributed by atoms with Gasteiger partial charge in [0.15, 0.2) is 5.96 Å². The van der Waals surface area contributed by atoms with Crippen LogP contribution in [0.15, 0.2) is 23.3 Å². The van der Waals surface area contributed by atoms with Crippen molar-refractivity contribution < 1.29 is 4.74 Å². The van der Waals surface area contributed by atoms with Crippen molar-refractivity contribution in [1.82, 2.24) is 20.5 Å². The summed E-state index contributed by atoms with van der Waals surface area (Å²) in [5.74, 6) is 2.38. The predicted molar refractivity (Wildman–Crippen MR) is 128 cm³/mol. The molecule has 0 spiro atoms. The van der Waals surface area contributed by atoms with Crippen LogP contribution < -0.4 is 15.4 Å². The maximum Gasteiger partial charge on any atom is 0.213 e. The Hall–Kier alpha value is -1.09. The molecule has 1 aliphatic heterocycles. The summed E-state index contributed by atoms with van der Waals surface area (Å²) in [5.41, 5.74) is 1.14. The number of ether oxygens (including phenoxy) is 1. The van der Waals surface area contributed by atoms with E-state index >= 15 is 0 Å². The molecule has 2 aliphatic carbocycles. The molecule has 3 fully saturated rings. The molecule has 1 unspecified atom stereocenters. The number of hydrogen-bond donors (Lipinski definition) is 2. The highest BCUT2D eigenvalue weighted by Crippen LogP contribution is 2.29. The van der Waals surface area contributed by atoms with Crippen LogP contribution in [0.5, 0.6) is 5.88 Å². The molecule has 1 saturated heterocycles. The molecule has 29 heavy (non-hydrogen) atoms. The molecule has 1 aromatic heterocycles. The average Bonchev–Trinajstić information content (AvgIpc) is 3.16. The first-order valence-corrected chi connectivity index (χ1v) is 11.2. The second-order valence-corrected chi connectivity index (χ2v) is 8.52. The normalized spacial score (nSPS) is 23.1. The van der Waals surface area contributed by atoms with Crippen LogP contribution in [0.3, 0.4) is 0 Å². The molecule has 2 N–H and O–H groups in total. The van der Waals surface area contributed by atoms with Gasteiger partial charge < -0.3 is 15.4 Å². The van der Waals surface area contributed by atoms with Crippen LogP contribution in [0.2, 0.25) is 0 Å². The summed E-state index contributed by atoms with van der Waals surface area (Å²) < 4.78 is 5.80. The van der Waals surface area contributed by atoms with Gasteiger partial charge in [-0.15, -0.1) is 24.0 Å². The zero-order chi connectivity index (χ0) is 19.2. The first kappa shape index (κ1) is 22.6. The summed E-state index contributed by atoms with van der Waals surface area (Å²) >= 11 is 0. The summed E-state index contributed by atoms with van der Waals surface area (Å²) in [6.07, 6.45) is 11.2. The van der Waals surface area contributed by atoms with E-state index in [2.05, 4.69) is 27.4 Å². The van der Waals surface area contributed by atoms with Crippen molar-refractivity contribution in [2.45, 2.75) is 70.5 Å². The number of guanidine groups is 1. The van der Waals surface area contributed by atoms with Gasteiger partial charge in [-0.25, -0.2) is 9.98 Å². The van der Waals surface area contributed by atoms with Gasteiger partial charge in [0.05, 0.1) is 13.2 Å². The van der Waals surface area contributed by atoms with Crippen molar-refractivity contribution in [1.29, 1.82) is 0 Å². The van der Waals surface area contributed by atoms with Crippen molar-refractivity contribution in [2.24, 2.45) is 10.9 Å². The molecular weight excluding hydrogens is 477 g/mol. The molecule has 162 valence electrons. The monoisotopic (exact) mass is 513 g/mol. The van der Waals surface area contributed by atoms with Crippen molar-refractivity contribution in [3.8, 4) is 5.88 Å². The summed E-state index contributed by atoms with van der Waals surface area (Å²) in [6, 6.07) is 5.35. The van der Waals surface area contributed by atoms with Gasteiger partial charge in [0.1, 0.15) is 0 Å². The molecule has 0 amide bonds. The van der Waals surface area contributed by atoms with E-state index in [-0.39, 0.29) is 24.0 Å². The highest BCUT2D eigenvalue weighted by molar-refractivity contribution is 14.0. The fraction of sp³-hybridized carbons (Fsp3) is 0.727. The summed E-state index contributed by atoms with van der Waals surface area (Å²) in [7, 11) is 0. The first-order chi connectivity index (χ1) is 13.8. The average molecular weight is 513 g/mol. The minimum atomic E-state index is 0. The molecule has 2 saturated carbocycles. The van der Waals surface area contributed by atoms with Crippen LogP contribution in [-0.4, -0.2) is 54.2 Å². The Morgan fingerprint density at radius 1 is 1.24 bits per heavy atom. The number of nitrogens with zero attached hydrogens (tertiary/aromatic N) is 3. The number of hydrogen-bond acceptors (Lipinski definition) is 4. The Labute approximate surface area is 192 Å². The molecule has 6 nitrogen and oxygen atoms in total. The van der Waals surface area contributed by atoms with E-state index in [1.165, 1.54) is 51.5 Å². The third-order valence-corrected chi connectivity index (χ3v) is 6.13. The van der Waals surface area contributed by atoms with Crippen LogP contribution in [-0.2, 0) is 6.54 Å². The zero-order valence-electron chi connectivity index (χ0n) is 17.6. The Balaban J connectivity index is 0.00000240. The fourth-order valence-electron chi connectivity index (χ4n) is 4.31. The molecule has 3 aliphatic rings. The quantitative estimate of drug-likeness (QED) is 0.316. The van der Waals surface area contributed by atoms with Crippen LogP contribution in [0.4, 0.5) is 0 Å². The second-order valence-electron chi connectivity index (χ2n) is 8.52. The van der Waals surface area contributed by atoms with Gasteiger partial charge in [-0.2, -0.15) is 0 Å². The smallest absolute Gasteiger partial charge is 0.213 e. The van der Waals surface area contributed by atoms with E-state index < -0.39 is 0 Å². The summed E-state index contributed by atoms with van der Waals surface area (Å²) in [5, 5.41) is 7.05. The molecule has 1 atom stereocenters. The van der Waals surface area contributed by atoms with Crippen molar-refractivity contribution in [2.75, 3.05) is 26.2 Å². The van der Waals surface area contributed by atoms with Gasteiger partial charge in [-0.1, -0.05) is 12.8 Å². The van der Waals surface area contributed by atoms with Crippen molar-refractivity contribution in [3.63, 3.8) is 0 Å². The Morgan fingerprint density at radius 2 is 2.07 bits per heavy atom. The van der Waals surface area contributed by atoms with Gasteiger partial charge in [-0.3, -0.25) is 4.90 Å². The summed E-state index contributed by atoms with van der Waals surface area (Å²) in [4.78, 5) is 11.8. The molecule has 0 bridgehead atoms. The lowest BCUT2D eigenvalue weighted by Gasteiger charge is -2.24. The molecule has 1 aromatic rings. The number of likely N-dealkylation sites (tertiary alicyclic amines) is 1. The highest BCUT2D eigenvalue weighted by Gasteiger charge is 2.30. The van der Waals surface area contributed by atoms with E-state index in [0.717, 1.165) is 49.1 Å². The van der Waals surface area contributed by atoms with Gasteiger partial charge in [0, 0.05) is 44.0 Å². The van der Waals surface area contributed by atoms with Gasteiger partial charge in [-0.05, 0) is 56.6 Å². The van der Waals surface area contributed by atoms with E-state index in [1.807, 2.05) is 18.3 Å². The van der Waals surface area contributed by atoms with Crippen LogP contribution in [0.25, 0.3) is 0 Å². The molecular formula is C22H36IN5O. The minimum absolute atomic E-state index is 0. The lowest BCUT2D eigenvalue weighted by molar-refractivity contribution is 0.242. The fourth-order valence-corrected chi connectivity index (χ4v) is 4.31. The topological polar surface area (TPSA) is 61.8 Å². The molecule has 0 aromatic carbocycles. The Morgan fingerprint density at radius 3 is 2.83 bits per heavy atom. The standard InChI is InChI=1S/C22H35N5O.HI/c1-2-23-22(26-19-10-12-27(15-19)20-5-3-4-6-20)25-14-18-9-11-24-21(13-18)28-16-17-7-8-17;/h9,11,13,17,19-20H,2-8,10,12,14-16H2,1H3,(H2,23,25,26);1H. The Bertz CT molecular complexity index is 660. The number of halogens is 1. The molecule has 4 rings (SSSR count). The minimum Gasteiger partial charge on any atom is -0.477 e.